The first-order valence-corrected chi connectivity index (χ1v) is 5.25. The number of nitrogens with zero attached hydrogens (tertiary/aromatic N) is 3. The minimum atomic E-state index is -0.230. The molecule has 1 aliphatic heterocycles. The van der Waals surface area contributed by atoms with Crippen molar-refractivity contribution >= 4 is 17.5 Å². The lowest BCUT2D eigenvalue weighted by Gasteiger charge is -2.24. The molecule has 0 bridgehead atoms. The molecule has 0 atom stereocenters. The highest BCUT2D eigenvalue weighted by atomic mass is 16.5. The number of fused-ring (bicyclic) bond motifs is 1. The average molecular weight is 238 g/mol. The highest BCUT2D eigenvalue weighted by molar-refractivity contribution is 5.95. The van der Waals surface area contributed by atoms with Crippen LogP contribution in [-0.2, 0) is 4.79 Å². The van der Waals surface area contributed by atoms with Crippen LogP contribution in [0.15, 0.2) is 0 Å². The van der Waals surface area contributed by atoms with Gasteiger partial charge in [-0.3, -0.25) is 4.79 Å². The summed E-state index contributed by atoms with van der Waals surface area (Å²) in [4.78, 5) is 21.3. The summed E-state index contributed by atoms with van der Waals surface area (Å²) in [5.74, 6) is 1.71. The van der Waals surface area contributed by atoms with E-state index >= 15 is 0 Å². The molecule has 2 heterocycles. The summed E-state index contributed by atoms with van der Waals surface area (Å²) in [5, 5.41) is 11.6. The van der Waals surface area contributed by atoms with Crippen LogP contribution in [0.1, 0.15) is 5.82 Å². The Morgan fingerprint density at radius 1 is 1.53 bits per heavy atom. The maximum Gasteiger partial charge on any atom is 0.263 e. The van der Waals surface area contributed by atoms with E-state index in [0.717, 1.165) is 0 Å². The van der Waals surface area contributed by atoms with Crippen LogP contribution in [0.2, 0.25) is 0 Å². The number of carbonyl (C=O) groups excluding carboxylic acids is 1. The molecule has 1 amide bonds. The maximum atomic E-state index is 11.2. The van der Waals surface area contributed by atoms with E-state index in [0.29, 0.717) is 29.8 Å². The molecule has 2 N–H and O–H groups in total. The lowest BCUT2D eigenvalue weighted by Crippen LogP contribution is -2.30. The van der Waals surface area contributed by atoms with Gasteiger partial charge in [0.2, 0.25) is 5.75 Å². The average Bonchev–Trinajstić information content (AvgIpc) is 2.27. The summed E-state index contributed by atoms with van der Waals surface area (Å²) in [7, 11) is 1.79. The zero-order valence-corrected chi connectivity index (χ0v) is 9.73. The summed E-state index contributed by atoms with van der Waals surface area (Å²) in [6, 6.07) is 0. The van der Waals surface area contributed by atoms with Crippen LogP contribution in [0, 0.1) is 6.92 Å². The molecule has 1 aliphatic rings. The molecular formula is C10H14N4O3. The SMILES string of the molecule is Cc1nc2c(c(N(C)CCO)n1)OCC(=O)N2. The fraction of sp³-hybridized carbons (Fsp3) is 0.500. The Labute approximate surface area is 98.4 Å². The number of hydrogen-bond acceptors (Lipinski definition) is 6. The monoisotopic (exact) mass is 238 g/mol. The summed E-state index contributed by atoms with van der Waals surface area (Å²) in [5.41, 5.74) is 0. The van der Waals surface area contributed by atoms with Gasteiger partial charge in [-0.15, -0.1) is 0 Å². The van der Waals surface area contributed by atoms with Crippen molar-refractivity contribution in [1.29, 1.82) is 0 Å². The molecule has 1 aromatic heterocycles. The zero-order valence-electron chi connectivity index (χ0n) is 9.73. The Morgan fingerprint density at radius 2 is 2.29 bits per heavy atom. The second-order valence-corrected chi connectivity index (χ2v) is 3.75. The van der Waals surface area contributed by atoms with E-state index in [9.17, 15) is 4.79 Å². The molecule has 1 aromatic rings. The van der Waals surface area contributed by atoms with Crippen LogP contribution >= 0.6 is 0 Å². The van der Waals surface area contributed by atoms with E-state index < -0.39 is 0 Å². The lowest BCUT2D eigenvalue weighted by molar-refractivity contribution is -0.118. The molecule has 0 saturated carbocycles. The van der Waals surface area contributed by atoms with Crippen LogP contribution in [0.4, 0.5) is 11.6 Å². The Morgan fingerprint density at radius 3 is 3.00 bits per heavy atom. The topological polar surface area (TPSA) is 87.6 Å². The Bertz CT molecular complexity index is 449. The maximum absolute atomic E-state index is 11.2. The van der Waals surface area contributed by atoms with Gasteiger partial charge < -0.3 is 20.1 Å². The largest absolute Gasteiger partial charge is 0.476 e. The number of aliphatic hydroxyl groups excluding tert-OH is 1. The van der Waals surface area contributed by atoms with E-state index in [1.807, 2.05) is 0 Å². The minimum Gasteiger partial charge on any atom is -0.476 e. The molecule has 0 radical (unpaired) electrons. The fourth-order valence-corrected chi connectivity index (χ4v) is 1.59. The molecule has 0 spiro atoms. The number of amides is 1. The first-order chi connectivity index (χ1) is 8.11. The summed E-state index contributed by atoms with van der Waals surface area (Å²) >= 11 is 0. The van der Waals surface area contributed by atoms with Crippen molar-refractivity contribution in [3.8, 4) is 5.75 Å². The number of aliphatic hydroxyl groups is 1. The van der Waals surface area contributed by atoms with Gasteiger partial charge in [-0.25, -0.2) is 9.97 Å². The molecule has 7 heteroatoms. The van der Waals surface area contributed by atoms with E-state index in [-0.39, 0.29) is 19.1 Å². The smallest absolute Gasteiger partial charge is 0.263 e. The summed E-state index contributed by atoms with van der Waals surface area (Å²) in [6.45, 7) is 2.14. The molecule has 7 nitrogen and oxygen atoms in total. The van der Waals surface area contributed by atoms with Crippen molar-refractivity contribution in [2.24, 2.45) is 0 Å². The zero-order chi connectivity index (χ0) is 12.4. The van der Waals surface area contributed by atoms with E-state index in [4.69, 9.17) is 9.84 Å². The number of ether oxygens (including phenoxy) is 1. The van der Waals surface area contributed by atoms with E-state index in [1.165, 1.54) is 0 Å². The van der Waals surface area contributed by atoms with Crippen LogP contribution in [-0.4, -0.2) is 47.8 Å². The van der Waals surface area contributed by atoms with Gasteiger partial charge in [0.25, 0.3) is 5.91 Å². The first kappa shape index (κ1) is 11.6. The number of carbonyl (C=O) groups is 1. The van der Waals surface area contributed by atoms with Crippen molar-refractivity contribution < 1.29 is 14.6 Å². The number of anilines is 2. The summed E-state index contributed by atoms with van der Waals surface area (Å²) < 4.78 is 5.33. The molecule has 17 heavy (non-hydrogen) atoms. The quantitative estimate of drug-likeness (QED) is 0.741. The molecule has 0 aliphatic carbocycles. The van der Waals surface area contributed by atoms with Gasteiger partial charge in [0.15, 0.2) is 18.2 Å². The Kier molecular flexibility index (Phi) is 3.10. The normalized spacial score (nSPS) is 13.7. The van der Waals surface area contributed by atoms with Gasteiger partial charge in [0, 0.05) is 13.6 Å². The van der Waals surface area contributed by atoms with Gasteiger partial charge in [0.05, 0.1) is 6.61 Å². The number of aromatic nitrogens is 2. The van der Waals surface area contributed by atoms with Crippen LogP contribution in [0.3, 0.4) is 0 Å². The van der Waals surface area contributed by atoms with E-state index in [1.54, 1.807) is 18.9 Å². The molecular weight excluding hydrogens is 224 g/mol. The van der Waals surface area contributed by atoms with Crippen LogP contribution < -0.4 is 15.0 Å². The summed E-state index contributed by atoms with van der Waals surface area (Å²) in [6.07, 6.45) is 0. The predicted octanol–water partition coefficient (Wildman–Crippen LogP) is -0.456. The molecule has 0 unspecified atom stereocenters. The third-order valence-electron chi connectivity index (χ3n) is 2.36. The molecule has 0 aromatic carbocycles. The van der Waals surface area contributed by atoms with Gasteiger partial charge in [-0.2, -0.15) is 0 Å². The van der Waals surface area contributed by atoms with Gasteiger partial charge in [-0.1, -0.05) is 0 Å². The number of likely N-dealkylation sites (N-methyl/N-ethyl adjacent to an activating group) is 1. The van der Waals surface area contributed by atoms with Crippen molar-refractivity contribution in [3.05, 3.63) is 5.82 Å². The number of aryl methyl sites for hydroxylation is 1. The third kappa shape index (κ3) is 2.28. The van der Waals surface area contributed by atoms with Crippen LogP contribution in [0.25, 0.3) is 0 Å². The Hall–Kier alpha value is -1.89. The minimum absolute atomic E-state index is 0.0146. The number of hydrogen-bond donors (Lipinski definition) is 2. The van der Waals surface area contributed by atoms with Crippen molar-refractivity contribution in [1.82, 2.24) is 9.97 Å². The standard InChI is InChI=1S/C10H14N4O3/c1-6-11-9-8(17-5-7(16)13-9)10(12-6)14(2)3-4-15/h15H,3-5H2,1-2H3,(H,11,12,13,16). The van der Waals surface area contributed by atoms with Gasteiger partial charge in [0.1, 0.15) is 5.82 Å². The van der Waals surface area contributed by atoms with Gasteiger partial charge in [-0.05, 0) is 6.92 Å². The molecule has 0 saturated heterocycles. The lowest BCUT2D eigenvalue weighted by atomic mass is 10.3. The highest BCUT2D eigenvalue weighted by Crippen LogP contribution is 2.34. The second-order valence-electron chi connectivity index (χ2n) is 3.75. The second kappa shape index (κ2) is 4.54. The first-order valence-electron chi connectivity index (χ1n) is 5.25. The molecule has 2 rings (SSSR count). The number of nitrogens with one attached hydrogen (secondary N) is 1. The van der Waals surface area contributed by atoms with Gasteiger partial charge >= 0.3 is 0 Å². The highest BCUT2D eigenvalue weighted by Gasteiger charge is 2.24. The van der Waals surface area contributed by atoms with Crippen molar-refractivity contribution in [2.75, 3.05) is 37.0 Å². The van der Waals surface area contributed by atoms with Crippen LogP contribution in [0.5, 0.6) is 5.75 Å². The molecule has 92 valence electrons. The van der Waals surface area contributed by atoms with Crippen molar-refractivity contribution in [3.63, 3.8) is 0 Å². The predicted molar refractivity (Wildman–Crippen MR) is 61.2 cm³/mol. The molecule has 0 fully saturated rings. The third-order valence-corrected chi connectivity index (χ3v) is 2.36. The fourth-order valence-electron chi connectivity index (χ4n) is 1.59. The van der Waals surface area contributed by atoms with Crippen molar-refractivity contribution in [2.45, 2.75) is 6.92 Å². The van der Waals surface area contributed by atoms with E-state index in [2.05, 4.69) is 15.3 Å². The number of rotatable bonds is 3. The Balaban J connectivity index is 2.41.